The average molecular weight is 250 g/mol. The van der Waals surface area contributed by atoms with Gasteiger partial charge in [0.15, 0.2) is 5.82 Å². The molecule has 98 valence electrons. The van der Waals surface area contributed by atoms with Gasteiger partial charge in [-0.05, 0) is 25.0 Å². The predicted molar refractivity (Wildman–Crippen MR) is 68.4 cm³/mol. The van der Waals surface area contributed by atoms with Crippen LogP contribution in [0.1, 0.15) is 12.1 Å². The number of aryl methyl sites for hydroxylation is 1. The van der Waals surface area contributed by atoms with Crippen molar-refractivity contribution in [2.24, 2.45) is 0 Å². The molecule has 6 nitrogen and oxygen atoms in total. The zero-order chi connectivity index (χ0) is 13.0. The second-order valence-electron chi connectivity index (χ2n) is 4.12. The largest absolute Gasteiger partial charge is 0.382 e. The van der Waals surface area contributed by atoms with E-state index in [-0.39, 0.29) is 6.10 Å². The van der Waals surface area contributed by atoms with Crippen LogP contribution in [0.2, 0.25) is 0 Å². The molecule has 0 aliphatic carbocycles. The first-order chi connectivity index (χ1) is 8.76. The molecule has 0 fully saturated rings. The van der Waals surface area contributed by atoms with E-state index in [1.807, 2.05) is 16.6 Å². The van der Waals surface area contributed by atoms with Crippen LogP contribution in [0.15, 0.2) is 18.5 Å². The van der Waals surface area contributed by atoms with Crippen LogP contribution in [0.5, 0.6) is 0 Å². The molecule has 0 saturated heterocycles. The van der Waals surface area contributed by atoms with Crippen LogP contribution in [-0.4, -0.2) is 41.5 Å². The number of rotatable bonds is 6. The number of fused-ring (bicyclic) bond motifs is 1. The van der Waals surface area contributed by atoms with Gasteiger partial charge in [0.1, 0.15) is 11.8 Å². The van der Waals surface area contributed by atoms with Gasteiger partial charge in [-0.3, -0.25) is 0 Å². The highest BCUT2D eigenvalue weighted by molar-refractivity contribution is 5.65. The fourth-order valence-corrected chi connectivity index (χ4v) is 1.96. The van der Waals surface area contributed by atoms with Gasteiger partial charge in [-0.25, -0.2) is 9.50 Å². The molecule has 0 aromatic carbocycles. The number of anilines is 1. The molecular formula is C12H18N4O2. The lowest BCUT2D eigenvalue weighted by Gasteiger charge is -2.13. The molecule has 2 rings (SSSR count). The van der Waals surface area contributed by atoms with Crippen LogP contribution in [0, 0.1) is 0 Å². The Balaban J connectivity index is 2.10. The molecule has 2 aromatic heterocycles. The molecular weight excluding hydrogens is 232 g/mol. The van der Waals surface area contributed by atoms with Crippen molar-refractivity contribution in [2.75, 3.05) is 26.6 Å². The van der Waals surface area contributed by atoms with Crippen LogP contribution in [0.25, 0.3) is 5.52 Å². The van der Waals surface area contributed by atoms with Crippen LogP contribution in [0.4, 0.5) is 5.82 Å². The van der Waals surface area contributed by atoms with Gasteiger partial charge in [-0.15, -0.1) is 0 Å². The minimum absolute atomic E-state index is 0.0970. The maximum atomic E-state index is 5.78. The molecule has 0 amide bonds. The van der Waals surface area contributed by atoms with E-state index in [0.29, 0.717) is 12.4 Å². The first-order valence-corrected chi connectivity index (χ1v) is 5.85. The molecule has 0 bridgehead atoms. The summed E-state index contributed by atoms with van der Waals surface area (Å²) in [5.41, 5.74) is 7.72. The Kier molecular flexibility index (Phi) is 4.11. The smallest absolute Gasteiger partial charge is 0.151 e. The zero-order valence-electron chi connectivity index (χ0n) is 10.7. The summed E-state index contributed by atoms with van der Waals surface area (Å²) < 4.78 is 12.2. The monoisotopic (exact) mass is 250 g/mol. The molecule has 2 aromatic rings. The van der Waals surface area contributed by atoms with Gasteiger partial charge in [-0.2, -0.15) is 5.10 Å². The topological polar surface area (TPSA) is 74.7 Å². The number of ether oxygens (including phenoxy) is 2. The standard InChI is InChI=1S/C12H18N4O2/c1-17-7-10(18-2)5-3-9-4-6-11-12(13)14-8-15-16(9)11/h4,6,8,10H,3,5,7H2,1-2H3,(H2,13,14,15). The summed E-state index contributed by atoms with van der Waals surface area (Å²) in [6.45, 7) is 0.594. The summed E-state index contributed by atoms with van der Waals surface area (Å²) in [6.07, 6.45) is 3.29. The van der Waals surface area contributed by atoms with E-state index >= 15 is 0 Å². The van der Waals surface area contributed by atoms with Crippen molar-refractivity contribution in [3.63, 3.8) is 0 Å². The third-order valence-corrected chi connectivity index (χ3v) is 2.97. The quantitative estimate of drug-likeness (QED) is 0.824. The van der Waals surface area contributed by atoms with E-state index < -0.39 is 0 Å². The van der Waals surface area contributed by atoms with E-state index in [1.165, 1.54) is 6.33 Å². The van der Waals surface area contributed by atoms with Gasteiger partial charge in [0.2, 0.25) is 0 Å². The van der Waals surface area contributed by atoms with Crippen molar-refractivity contribution in [3.05, 3.63) is 24.2 Å². The van der Waals surface area contributed by atoms with Gasteiger partial charge in [0.05, 0.1) is 12.7 Å². The van der Waals surface area contributed by atoms with Crippen molar-refractivity contribution >= 4 is 11.3 Å². The fourth-order valence-electron chi connectivity index (χ4n) is 1.96. The van der Waals surface area contributed by atoms with Crippen LogP contribution >= 0.6 is 0 Å². The Labute approximate surface area is 106 Å². The number of hydrogen-bond donors (Lipinski definition) is 1. The SMILES string of the molecule is COCC(CCc1ccc2c(N)ncnn12)OC. The lowest BCUT2D eigenvalue weighted by molar-refractivity contribution is 0.0236. The van der Waals surface area contributed by atoms with E-state index in [9.17, 15) is 0 Å². The number of methoxy groups -OCH3 is 2. The van der Waals surface area contributed by atoms with Crippen molar-refractivity contribution in [3.8, 4) is 0 Å². The molecule has 1 atom stereocenters. The van der Waals surface area contributed by atoms with Gasteiger partial charge < -0.3 is 15.2 Å². The Morgan fingerprint density at radius 2 is 2.22 bits per heavy atom. The summed E-state index contributed by atoms with van der Waals surface area (Å²) in [4.78, 5) is 3.96. The number of nitrogen functional groups attached to an aromatic ring is 1. The first-order valence-electron chi connectivity index (χ1n) is 5.85. The van der Waals surface area contributed by atoms with Crippen molar-refractivity contribution < 1.29 is 9.47 Å². The normalized spacial score (nSPS) is 13.0. The number of nitrogens with zero attached hydrogens (tertiary/aromatic N) is 3. The molecule has 6 heteroatoms. The third kappa shape index (κ3) is 2.60. The van der Waals surface area contributed by atoms with Crippen LogP contribution < -0.4 is 5.73 Å². The second kappa shape index (κ2) is 5.79. The summed E-state index contributed by atoms with van der Waals surface area (Å²) in [5.74, 6) is 0.497. The Hall–Kier alpha value is -1.66. The lowest BCUT2D eigenvalue weighted by atomic mass is 10.1. The molecule has 0 spiro atoms. The fraction of sp³-hybridized carbons (Fsp3) is 0.500. The third-order valence-electron chi connectivity index (χ3n) is 2.97. The minimum Gasteiger partial charge on any atom is -0.382 e. The highest BCUT2D eigenvalue weighted by Crippen LogP contribution is 2.15. The molecule has 2 heterocycles. The zero-order valence-corrected chi connectivity index (χ0v) is 10.7. The molecule has 0 aliphatic heterocycles. The number of hydrogen-bond acceptors (Lipinski definition) is 5. The highest BCUT2D eigenvalue weighted by atomic mass is 16.5. The molecule has 1 unspecified atom stereocenters. The van der Waals surface area contributed by atoms with E-state index in [2.05, 4.69) is 10.1 Å². The summed E-state index contributed by atoms with van der Waals surface area (Å²) in [5, 5.41) is 4.21. The van der Waals surface area contributed by atoms with Gasteiger partial charge >= 0.3 is 0 Å². The highest BCUT2D eigenvalue weighted by Gasteiger charge is 2.10. The Morgan fingerprint density at radius 1 is 1.39 bits per heavy atom. The molecule has 0 radical (unpaired) electrons. The maximum Gasteiger partial charge on any atom is 0.151 e. The van der Waals surface area contributed by atoms with Crippen LogP contribution in [-0.2, 0) is 15.9 Å². The summed E-state index contributed by atoms with van der Waals surface area (Å²) in [7, 11) is 3.37. The molecule has 0 saturated carbocycles. The van der Waals surface area contributed by atoms with E-state index in [1.54, 1.807) is 14.2 Å². The maximum absolute atomic E-state index is 5.78. The molecule has 0 aliphatic rings. The van der Waals surface area contributed by atoms with Gasteiger partial charge in [-0.1, -0.05) is 0 Å². The number of nitrogens with two attached hydrogens (primary N) is 1. The van der Waals surface area contributed by atoms with Crippen LogP contribution in [0.3, 0.4) is 0 Å². The minimum atomic E-state index is 0.0970. The summed E-state index contributed by atoms with van der Waals surface area (Å²) >= 11 is 0. The Morgan fingerprint density at radius 3 is 2.94 bits per heavy atom. The number of aromatic nitrogens is 3. The first kappa shape index (κ1) is 12.8. The lowest BCUT2D eigenvalue weighted by Crippen LogP contribution is -2.18. The van der Waals surface area contributed by atoms with E-state index in [0.717, 1.165) is 24.1 Å². The van der Waals surface area contributed by atoms with Crippen molar-refractivity contribution in [2.45, 2.75) is 18.9 Å². The Bertz CT molecular complexity index is 512. The van der Waals surface area contributed by atoms with Gasteiger partial charge in [0.25, 0.3) is 0 Å². The molecule has 18 heavy (non-hydrogen) atoms. The van der Waals surface area contributed by atoms with Crippen molar-refractivity contribution in [1.82, 2.24) is 14.6 Å². The average Bonchev–Trinajstić information content (AvgIpc) is 2.79. The molecule has 2 N–H and O–H groups in total. The predicted octanol–water partition coefficient (Wildman–Crippen LogP) is 0.906. The van der Waals surface area contributed by atoms with E-state index in [4.69, 9.17) is 15.2 Å². The van der Waals surface area contributed by atoms with Crippen molar-refractivity contribution in [1.29, 1.82) is 0 Å². The second-order valence-corrected chi connectivity index (χ2v) is 4.12. The van der Waals surface area contributed by atoms with Gasteiger partial charge in [0, 0.05) is 19.9 Å². The summed E-state index contributed by atoms with van der Waals surface area (Å²) in [6, 6.07) is 3.95.